The van der Waals surface area contributed by atoms with E-state index in [1.165, 1.54) is 0 Å². The fraction of sp³-hybridized carbons (Fsp3) is 0.650. The van der Waals surface area contributed by atoms with E-state index in [1.807, 2.05) is 39.0 Å². The van der Waals surface area contributed by atoms with Gasteiger partial charge in [-0.3, -0.25) is 0 Å². The molecule has 1 aromatic carbocycles. The fourth-order valence-electron chi connectivity index (χ4n) is 3.50. The highest BCUT2D eigenvalue weighted by atomic mass is 16.6. The molecule has 0 aliphatic heterocycles. The predicted octanol–water partition coefficient (Wildman–Crippen LogP) is 4.13. The first-order chi connectivity index (χ1) is 11.8. The summed E-state index contributed by atoms with van der Waals surface area (Å²) in [6.07, 6.45) is 3.87. The van der Waals surface area contributed by atoms with Gasteiger partial charge < -0.3 is 20.5 Å². The van der Waals surface area contributed by atoms with Crippen molar-refractivity contribution in [3.05, 3.63) is 29.8 Å². The normalized spacial score (nSPS) is 21.8. The van der Waals surface area contributed by atoms with Gasteiger partial charge in [0.25, 0.3) is 0 Å². The van der Waals surface area contributed by atoms with E-state index in [1.54, 1.807) is 6.07 Å². The van der Waals surface area contributed by atoms with Crippen molar-refractivity contribution in [3.8, 4) is 5.75 Å². The monoisotopic (exact) mass is 348 g/mol. The Morgan fingerprint density at radius 1 is 1.32 bits per heavy atom. The molecular weight excluding hydrogens is 316 g/mol. The summed E-state index contributed by atoms with van der Waals surface area (Å²) in [5, 5.41) is 16.7. The molecule has 3 N–H and O–H groups in total. The molecule has 1 fully saturated rings. The number of hydrogen-bond acceptors (Lipinski definition) is 4. The summed E-state index contributed by atoms with van der Waals surface area (Å²) in [7, 11) is 0. The highest BCUT2D eigenvalue weighted by molar-refractivity contribution is 5.67. The number of carbonyl (C=O) groups is 1. The molecule has 0 bridgehead atoms. The zero-order valence-electron chi connectivity index (χ0n) is 15.8. The fourth-order valence-corrected chi connectivity index (χ4v) is 3.50. The number of ether oxygens (including phenoxy) is 1. The number of nitrogens with one attached hydrogen (secondary N) is 2. The van der Waals surface area contributed by atoms with E-state index in [-0.39, 0.29) is 12.1 Å². The number of phenolic OH excluding ortho intramolecular Hbond substituents is 1. The van der Waals surface area contributed by atoms with Gasteiger partial charge in [0.1, 0.15) is 11.4 Å². The van der Waals surface area contributed by atoms with Crippen LogP contribution in [0.15, 0.2) is 24.3 Å². The van der Waals surface area contributed by atoms with E-state index >= 15 is 0 Å². The number of carbonyl (C=O) groups excluding carboxylic acids is 1. The van der Waals surface area contributed by atoms with Crippen molar-refractivity contribution in [3.63, 3.8) is 0 Å². The van der Waals surface area contributed by atoms with Crippen LogP contribution >= 0.6 is 0 Å². The number of para-hydroxylation sites is 1. The van der Waals surface area contributed by atoms with Crippen LogP contribution in [-0.4, -0.2) is 29.4 Å². The molecule has 0 aromatic heterocycles. The molecule has 0 saturated heterocycles. The first-order valence-corrected chi connectivity index (χ1v) is 9.31. The minimum absolute atomic E-state index is 0.119. The van der Waals surface area contributed by atoms with Gasteiger partial charge in [0.2, 0.25) is 0 Å². The molecule has 1 amide bonds. The molecule has 1 aliphatic carbocycles. The van der Waals surface area contributed by atoms with Crippen molar-refractivity contribution in [1.82, 2.24) is 10.6 Å². The molecule has 0 radical (unpaired) electrons. The van der Waals surface area contributed by atoms with Crippen LogP contribution in [0.3, 0.4) is 0 Å². The molecule has 3 atom stereocenters. The second-order valence-electron chi connectivity index (χ2n) is 7.87. The van der Waals surface area contributed by atoms with Crippen molar-refractivity contribution >= 4 is 6.09 Å². The van der Waals surface area contributed by atoms with Gasteiger partial charge in [-0.1, -0.05) is 31.5 Å². The summed E-state index contributed by atoms with van der Waals surface area (Å²) in [6.45, 7) is 8.33. The Bertz CT molecular complexity index is 568. The summed E-state index contributed by atoms with van der Waals surface area (Å²) in [5.74, 6) is 0.718. The molecule has 0 spiro atoms. The van der Waals surface area contributed by atoms with E-state index < -0.39 is 5.60 Å². The number of hydrogen-bond donors (Lipinski definition) is 3. The lowest BCUT2D eigenvalue weighted by molar-refractivity contribution is 0.0517. The molecular formula is C20H32N2O3. The van der Waals surface area contributed by atoms with Crippen LogP contribution in [0.4, 0.5) is 4.79 Å². The standard InChI is InChI=1S/C20H32N2O3/c1-5-16(15-10-6-7-12-18(15)23)22-17-11-8-9-14(17)13-21-19(24)25-20(2,3)4/h6-7,10,12,14,16-17,22-23H,5,8-9,11,13H2,1-4H3,(H,21,24). The Morgan fingerprint density at radius 2 is 2.04 bits per heavy atom. The quantitative estimate of drug-likeness (QED) is 0.723. The van der Waals surface area contributed by atoms with Gasteiger partial charge >= 0.3 is 6.09 Å². The Morgan fingerprint density at radius 3 is 2.68 bits per heavy atom. The molecule has 3 unspecified atom stereocenters. The number of aromatic hydroxyl groups is 1. The third-order valence-corrected chi connectivity index (χ3v) is 4.70. The van der Waals surface area contributed by atoms with E-state index in [0.717, 1.165) is 31.2 Å². The molecule has 1 aliphatic rings. The van der Waals surface area contributed by atoms with Crippen LogP contribution < -0.4 is 10.6 Å². The highest BCUT2D eigenvalue weighted by Gasteiger charge is 2.30. The first kappa shape index (κ1) is 19.6. The van der Waals surface area contributed by atoms with Gasteiger partial charge in [-0.2, -0.15) is 0 Å². The molecule has 1 saturated carbocycles. The number of benzene rings is 1. The predicted molar refractivity (Wildman–Crippen MR) is 99.6 cm³/mol. The molecule has 0 heterocycles. The van der Waals surface area contributed by atoms with Crippen LogP contribution in [0.1, 0.15) is 65.0 Å². The molecule has 140 valence electrons. The molecule has 5 nitrogen and oxygen atoms in total. The zero-order chi connectivity index (χ0) is 18.4. The number of alkyl carbamates (subject to hydrolysis) is 1. The second-order valence-corrected chi connectivity index (χ2v) is 7.87. The third-order valence-electron chi connectivity index (χ3n) is 4.70. The van der Waals surface area contributed by atoms with Gasteiger partial charge in [0.15, 0.2) is 0 Å². The number of rotatable bonds is 6. The highest BCUT2D eigenvalue weighted by Crippen LogP contribution is 2.31. The van der Waals surface area contributed by atoms with Crippen LogP contribution in [0.25, 0.3) is 0 Å². The lowest BCUT2D eigenvalue weighted by atomic mass is 9.98. The number of phenols is 1. The molecule has 5 heteroatoms. The summed E-state index contributed by atoms with van der Waals surface area (Å²) >= 11 is 0. The lowest BCUT2D eigenvalue weighted by Crippen LogP contribution is -2.42. The minimum Gasteiger partial charge on any atom is -0.508 e. The Hall–Kier alpha value is -1.75. The van der Waals surface area contributed by atoms with Gasteiger partial charge in [0.05, 0.1) is 0 Å². The average molecular weight is 348 g/mol. The van der Waals surface area contributed by atoms with E-state index in [2.05, 4.69) is 17.6 Å². The summed E-state index contributed by atoms with van der Waals surface area (Å²) < 4.78 is 5.32. The summed E-state index contributed by atoms with van der Waals surface area (Å²) in [6, 6.07) is 7.95. The van der Waals surface area contributed by atoms with Crippen molar-refractivity contribution in [2.45, 2.75) is 71.1 Å². The molecule has 25 heavy (non-hydrogen) atoms. The van der Waals surface area contributed by atoms with Gasteiger partial charge in [-0.05, 0) is 52.0 Å². The van der Waals surface area contributed by atoms with Crippen LogP contribution in [-0.2, 0) is 4.74 Å². The smallest absolute Gasteiger partial charge is 0.407 e. The third kappa shape index (κ3) is 5.92. The SMILES string of the molecule is CCC(NC1CCCC1CNC(=O)OC(C)(C)C)c1ccccc1O. The second kappa shape index (κ2) is 8.56. The van der Waals surface area contributed by atoms with E-state index in [9.17, 15) is 9.90 Å². The van der Waals surface area contributed by atoms with Gasteiger partial charge in [0, 0.05) is 24.2 Å². The van der Waals surface area contributed by atoms with Crippen LogP contribution in [0, 0.1) is 5.92 Å². The lowest BCUT2D eigenvalue weighted by Gasteiger charge is -2.28. The van der Waals surface area contributed by atoms with Gasteiger partial charge in [-0.15, -0.1) is 0 Å². The van der Waals surface area contributed by atoms with E-state index in [0.29, 0.717) is 24.3 Å². The van der Waals surface area contributed by atoms with Crippen molar-refractivity contribution in [1.29, 1.82) is 0 Å². The summed E-state index contributed by atoms with van der Waals surface area (Å²) in [4.78, 5) is 11.9. The number of amides is 1. The maximum absolute atomic E-state index is 11.9. The Labute approximate surface area is 151 Å². The first-order valence-electron chi connectivity index (χ1n) is 9.31. The van der Waals surface area contributed by atoms with Crippen LogP contribution in [0.2, 0.25) is 0 Å². The van der Waals surface area contributed by atoms with Gasteiger partial charge in [-0.25, -0.2) is 4.79 Å². The molecule has 2 rings (SSSR count). The Balaban J connectivity index is 1.92. The van der Waals surface area contributed by atoms with E-state index in [4.69, 9.17) is 4.74 Å². The van der Waals surface area contributed by atoms with Crippen molar-refractivity contribution in [2.24, 2.45) is 5.92 Å². The largest absolute Gasteiger partial charge is 0.508 e. The molecule has 1 aromatic rings. The Kier molecular flexibility index (Phi) is 6.71. The van der Waals surface area contributed by atoms with Crippen LogP contribution in [0.5, 0.6) is 5.75 Å². The summed E-state index contributed by atoms with van der Waals surface area (Å²) in [5.41, 5.74) is 0.464. The maximum atomic E-state index is 11.9. The average Bonchev–Trinajstić information content (AvgIpc) is 2.97. The zero-order valence-corrected chi connectivity index (χ0v) is 15.8. The maximum Gasteiger partial charge on any atom is 0.407 e. The van der Waals surface area contributed by atoms with Crippen molar-refractivity contribution in [2.75, 3.05) is 6.54 Å². The minimum atomic E-state index is -0.477. The topological polar surface area (TPSA) is 70.6 Å². The van der Waals surface area contributed by atoms with Crippen molar-refractivity contribution < 1.29 is 14.6 Å².